The van der Waals surface area contributed by atoms with Gasteiger partial charge in [0.25, 0.3) is 5.91 Å². The molecule has 3 aliphatic heterocycles. The number of halogens is 3. The fourth-order valence-electron chi connectivity index (χ4n) is 13.2. The van der Waals surface area contributed by atoms with Crippen LogP contribution in [0.1, 0.15) is 147 Å². The van der Waals surface area contributed by atoms with Gasteiger partial charge in [0, 0.05) is 99.6 Å². The second kappa shape index (κ2) is 24.8. The molecule has 20 heteroatoms. The number of hydrogen-bond donors (Lipinski definition) is 1. The van der Waals surface area contributed by atoms with Crippen molar-refractivity contribution >= 4 is 77.1 Å². The van der Waals surface area contributed by atoms with Crippen molar-refractivity contribution in [1.29, 1.82) is 0 Å². The van der Waals surface area contributed by atoms with Crippen LogP contribution in [0.2, 0.25) is 0 Å². The summed E-state index contributed by atoms with van der Waals surface area (Å²) in [5, 5.41) is 12.0. The number of carbonyl (C=O) groups excluding carboxylic acids is 4. The normalized spacial score (nSPS) is 18.0. The molecule has 454 valence electrons. The van der Waals surface area contributed by atoms with Crippen molar-refractivity contribution in [3.63, 3.8) is 0 Å². The van der Waals surface area contributed by atoms with Crippen LogP contribution in [0.15, 0.2) is 73.1 Å². The monoisotopic (exact) mass is 1320 g/mol. The number of benzene rings is 2. The Balaban J connectivity index is 0.000000172. The predicted octanol–water partition coefficient (Wildman–Crippen LogP) is 12.7. The predicted molar refractivity (Wildman–Crippen MR) is 330 cm³/mol. The number of hydrogen-bond acceptors (Lipinski definition) is 9. The molecule has 5 aliphatic rings. The zero-order valence-corrected chi connectivity index (χ0v) is 52.6. The van der Waals surface area contributed by atoms with Crippen molar-refractivity contribution in [2.75, 3.05) is 46.4 Å². The number of pyridine rings is 2. The molecule has 2 N–H and O–H groups in total. The van der Waals surface area contributed by atoms with Gasteiger partial charge in [0.05, 0.1) is 40.7 Å². The van der Waals surface area contributed by atoms with E-state index in [-0.39, 0.29) is 29.5 Å². The second-order valence-corrected chi connectivity index (χ2v) is 25.1. The first-order chi connectivity index (χ1) is 40.8. The van der Waals surface area contributed by atoms with E-state index in [1.54, 1.807) is 42.9 Å². The minimum absolute atomic E-state index is 0.0465. The van der Waals surface area contributed by atoms with Gasteiger partial charge in [0.2, 0.25) is 5.91 Å². The van der Waals surface area contributed by atoms with Crippen LogP contribution in [0.5, 0.6) is 0 Å². The van der Waals surface area contributed by atoms with Crippen molar-refractivity contribution in [3.05, 3.63) is 118 Å². The van der Waals surface area contributed by atoms with Crippen LogP contribution in [-0.2, 0) is 40.1 Å². The van der Waals surface area contributed by atoms with Crippen LogP contribution in [0.4, 0.5) is 13.6 Å². The number of aromatic nitrogens is 6. The number of likely N-dealkylation sites (tertiary alicyclic amines) is 3. The van der Waals surface area contributed by atoms with Crippen molar-refractivity contribution in [2.45, 2.75) is 142 Å². The number of para-hydroxylation sites is 2. The summed E-state index contributed by atoms with van der Waals surface area (Å²) in [5.74, 6) is 0.293. The van der Waals surface area contributed by atoms with E-state index in [9.17, 15) is 19.2 Å². The van der Waals surface area contributed by atoms with Gasteiger partial charge in [0.1, 0.15) is 39.7 Å². The first-order valence-electron chi connectivity index (χ1n) is 29.9. The molecule has 13 rings (SSSR count). The van der Waals surface area contributed by atoms with Crippen LogP contribution in [0.3, 0.4) is 0 Å². The molecule has 2 saturated carbocycles. The average Bonchev–Trinajstić information content (AvgIpc) is 1.85. The molecule has 3 saturated heterocycles. The Morgan fingerprint density at radius 2 is 1.12 bits per heavy atom. The Hall–Kier alpha value is -6.35. The average molecular weight is 1320 g/mol. The summed E-state index contributed by atoms with van der Waals surface area (Å²) in [6, 6.07) is 19.8. The van der Waals surface area contributed by atoms with E-state index >= 15 is 8.78 Å². The minimum atomic E-state index is -0.606. The number of aryl methyl sites for hydroxylation is 2. The Labute approximate surface area is 514 Å². The van der Waals surface area contributed by atoms with Crippen LogP contribution >= 0.6 is 20.3 Å². The molecule has 0 spiro atoms. The Morgan fingerprint density at radius 3 is 1.56 bits per heavy atom. The zero-order chi connectivity index (χ0) is 60.2. The van der Waals surface area contributed by atoms with Crippen molar-refractivity contribution in [3.8, 4) is 22.8 Å². The van der Waals surface area contributed by atoms with Gasteiger partial charge < -0.3 is 39.0 Å². The molecule has 8 aromatic rings. The van der Waals surface area contributed by atoms with Gasteiger partial charge in [-0.25, -0.2) is 27.4 Å². The van der Waals surface area contributed by atoms with Crippen LogP contribution in [-0.4, -0.2) is 125 Å². The molecule has 2 aliphatic carbocycles. The zero-order valence-electron chi connectivity index (χ0n) is 49.5. The van der Waals surface area contributed by atoms with E-state index in [1.807, 2.05) is 44.4 Å². The van der Waals surface area contributed by atoms with E-state index < -0.39 is 23.2 Å². The molecule has 0 unspecified atom stereocenters. The molecular formula is C65H76CuF2IN10O6. The van der Waals surface area contributed by atoms with Gasteiger partial charge in [-0.1, -0.05) is 36.4 Å². The van der Waals surface area contributed by atoms with Crippen LogP contribution < -0.4 is 5.73 Å². The molecule has 9 heterocycles. The summed E-state index contributed by atoms with van der Waals surface area (Å²) < 4.78 is 49.1. The topological polar surface area (TPSA) is 167 Å². The van der Waals surface area contributed by atoms with Crippen LogP contribution in [0, 0.1) is 37.3 Å². The molecule has 5 fully saturated rings. The Kier molecular flexibility index (Phi) is 17.6. The number of carbonyl (C=O) groups is 4. The molecule has 16 nitrogen and oxygen atoms in total. The summed E-state index contributed by atoms with van der Waals surface area (Å²) >= 11 is 5.87. The van der Waals surface area contributed by atoms with Crippen LogP contribution in [0.25, 0.3) is 55.6 Å². The van der Waals surface area contributed by atoms with Gasteiger partial charge in [-0.15, -0.1) is 0 Å². The maximum absolute atomic E-state index is 15.7. The summed E-state index contributed by atoms with van der Waals surface area (Å²) in [4.78, 5) is 55.5. The number of fused-ring (bicyclic) bond motifs is 4. The van der Waals surface area contributed by atoms with E-state index in [0.29, 0.717) is 72.1 Å². The summed E-state index contributed by atoms with van der Waals surface area (Å²) in [5.41, 5.74) is 16.7. The first-order valence-corrected chi connectivity index (χ1v) is 33.0. The van der Waals surface area contributed by atoms with Gasteiger partial charge in [-0.2, -0.15) is 10.2 Å². The van der Waals surface area contributed by atoms with Gasteiger partial charge in [-0.05, 0) is 158 Å². The Bertz CT molecular complexity index is 3860. The molecule has 6 aromatic heterocycles. The summed E-state index contributed by atoms with van der Waals surface area (Å²) in [6.07, 6.45) is 13.1. The van der Waals surface area contributed by atoms with Crippen molar-refractivity contribution < 1.29 is 50.2 Å². The molecular weight excluding hydrogens is 1250 g/mol. The fourth-order valence-corrected chi connectivity index (χ4v) is 13.2. The molecule has 0 radical (unpaired) electrons. The molecule has 1 atom stereocenters. The van der Waals surface area contributed by atoms with Crippen molar-refractivity contribution in [1.82, 2.24) is 43.1 Å². The van der Waals surface area contributed by atoms with E-state index in [2.05, 4.69) is 70.4 Å². The molecule has 85 heavy (non-hydrogen) atoms. The fraction of sp³-hybridized carbons (Fsp3) is 0.477. The molecule has 0 bridgehead atoms. The molecule has 3 amide bonds. The van der Waals surface area contributed by atoms with Gasteiger partial charge >= 0.3 is 45.2 Å². The van der Waals surface area contributed by atoms with Gasteiger partial charge in [0.15, 0.2) is 0 Å². The third-order valence-corrected chi connectivity index (χ3v) is 17.9. The number of nitrogens with zero attached hydrogens (tertiary/aromatic N) is 9. The van der Waals surface area contributed by atoms with Gasteiger partial charge in [-0.3, -0.25) is 9.59 Å². The second-order valence-electron chi connectivity index (χ2n) is 25.1. The third kappa shape index (κ3) is 12.5. The maximum atomic E-state index is 15.7. The summed E-state index contributed by atoms with van der Waals surface area (Å²) in [6.45, 7) is 16.9. The number of amides is 3. The molecule has 2 aromatic carbocycles. The third-order valence-electron chi connectivity index (χ3n) is 17.9. The summed E-state index contributed by atoms with van der Waals surface area (Å²) in [7, 11) is 1.28. The standard InChI is InChI=1S/C33H39FN6O2.C32H37FN4O4.Cu.HI/c1-20-30(36-40-18-25(15-28(34)31(20)40)33(42)38-12-4-6-26(35)19-38)29-16-24-5-3-7-27(32(24)39(29)17-22-8-9-22)23-10-13-37(14-11-23)21(2)41;1-19-27(34-37-18-23(30(38)40-5)15-25(33)28(19)37)26-16-22-7-6-8-24(29(22)36(26)17-20-9-10-20)21-11-13-35(14-12-21)31(39)41-32(2,3)4;;/h3,5,7,15-16,18,22-23,26H,4,6,8-14,17,19,35H2,1-2H3;6-8,15-16,18,20-21H,9-14,17H2,1-5H3;;1H/q;;+1;/p-1/t26-;;;/m1.../s1. The van der Waals surface area contributed by atoms with E-state index in [1.165, 1.54) is 77.8 Å². The van der Waals surface area contributed by atoms with E-state index in [4.69, 9.17) is 25.4 Å². The number of piperidine rings is 3. The Morgan fingerprint density at radius 1 is 0.647 bits per heavy atom. The number of methoxy groups -OCH3 is 1. The quantitative estimate of drug-likeness (QED) is 0.0796. The number of ether oxygens (including phenoxy) is 2. The number of nitrogens with two attached hydrogens (primary N) is 1. The first kappa shape index (κ1) is 60.3. The van der Waals surface area contributed by atoms with E-state index in [0.717, 1.165) is 104 Å². The number of rotatable bonds is 10. The SMILES string of the molecule is CC(=O)N1CCC(c2cccc3cc(-c4nn5cc(C(=O)N6CCC[C@@H](N)C6)cc(F)c5c4C)n(CC4CC4)c23)CC1.COC(=O)c1cc(F)c2c(C)c(-c3cc4cccc(C5CCN(C(=O)OC(C)(C)C)CC5)c4n3CC3CC3)nn2c1.[Cu][I]. The van der Waals surface area contributed by atoms with Crippen molar-refractivity contribution in [2.24, 2.45) is 17.6 Å². The number of esters is 1.